The van der Waals surface area contributed by atoms with Crippen molar-refractivity contribution in [2.24, 2.45) is 0 Å². The zero-order chi connectivity index (χ0) is 19.7. The number of benzene rings is 2. The zero-order valence-electron chi connectivity index (χ0n) is 15.5. The highest BCUT2D eigenvalue weighted by Gasteiger charge is 2.22. The molecule has 0 saturated carbocycles. The summed E-state index contributed by atoms with van der Waals surface area (Å²) in [6.45, 7) is 3.83. The lowest BCUT2D eigenvalue weighted by atomic mass is 10.2. The first-order chi connectivity index (χ1) is 13.6. The summed E-state index contributed by atoms with van der Waals surface area (Å²) in [6.07, 6.45) is 0. The van der Waals surface area contributed by atoms with E-state index in [0.29, 0.717) is 28.5 Å². The number of hydrogen-bond acceptors (Lipinski definition) is 5. The number of para-hydroxylation sites is 2. The number of rotatable bonds is 5. The van der Waals surface area contributed by atoms with Gasteiger partial charge in [0.2, 0.25) is 0 Å². The van der Waals surface area contributed by atoms with Gasteiger partial charge in [-0.15, -0.1) is 0 Å². The number of H-pyrrole nitrogens is 1. The first kappa shape index (κ1) is 18.3. The topological polar surface area (TPSA) is 77.0 Å². The molecule has 0 aliphatic rings. The van der Waals surface area contributed by atoms with Crippen molar-refractivity contribution in [2.75, 3.05) is 6.61 Å². The van der Waals surface area contributed by atoms with Crippen LogP contribution in [-0.2, 0) is 9.53 Å². The van der Waals surface area contributed by atoms with Crippen molar-refractivity contribution < 1.29 is 9.53 Å². The molecule has 4 rings (SSSR count). The molecule has 0 bridgehead atoms. The summed E-state index contributed by atoms with van der Waals surface area (Å²) < 4.78 is 6.65. The molecule has 1 N–H and O–H groups in total. The molecular formula is C21H19N3O3S. The maximum atomic E-state index is 13.4. The highest BCUT2D eigenvalue weighted by atomic mass is 32.2. The van der Waals surface area contributed by atoms with Gasteiger partial charge in [-0.2, -0.15) is 0 Å². The number of fused-ring (bicyclic) bond motifs is 3. The van der Waals surface area contributed by atoms with Crippen molar-refractivity contribution in [3.05, 3.63) is 65.0 Å². The van der Waals surface area contributed by atoms with E-state index < -0.39 is 5.25 Å². The second-order valence-corrected chi connectivity index (χ2v) is 7.58. The summed E-state index contributed by atoms with van der Waals surface area (Å²) in [6, 6.07) is 17.0. The van der Waals surface area contributed by atoms with Gasteiger partial charge in [0, 0.05) is 10.9 Å². The number of aromatic amines is 1. The van der Waals surface area contributed by atoms with E-state index in [1.54, 1.807) is 13.8 Å². The van der Waals surface area contributed by atoms with E-state index in [9.17, 15) is 9.59 Å². The molecule has 4 aromatic rings. The summed E-state index contributed by atoms with van der Waals surface area (Å²) in [4.78, 5) is 33.5. The van der Waals surface area contributed by atoms with Crippen molar-refractivity contribution in [2.45, 2.75) is 24.3 Å². The van der Waals surface area contributed by atoms with E-state index in [0.717, 1.165) is 10.9 Å². The highest BCUT2D eigenvalue weighted by molar-refractivity contribution is 8.00. The third kappa shape index (κ3) is 3.18. The van der Waals surface area contributed by atoms with Gasteiger partial charge in [0.1, 0.15) is 16.3 Å². The molecule has 0 radical (unpaired) electrons. The molecule has 2 aromatic carbocycles. The number of ether oxygens (including phenoxy) is 1. The molecule has 0 spiro atoms. The molecule has 0 aliphatic carbocycles. The van der Waals surface area contributed by atoms with E-state index in [4.69, 9.17) is 9.72 Å². The largest absolute Gasteiger partial charge is 0.465 e. The highest BCUT2D eigenvalue weighted by Crippen LogP contribution is 2.28. The van der Waals surface area contributed by atoms with Crippen LogP contribution in [0.1, 0.15) is 13.8 Å². The van der Waals surface area contributed by atoms with Crippen LogP contribution in [0.5, 0.6) is 0 Å². The van der Waals surface area contributed by atoms with E-state index in [1.807, 2.05) is 54.6 Å². The number of aromatic nitrogens is 3. The smallest absolute Gasteiger partial charge is 0.319 e. The van der Waals surface area contributed by atoms with Crippen LogP contribution in [0.4, 0.5) is 0 Å². The second-order valence-electron chi connectivity index (χ2n) is 6.28. The number of carbonyl (C=O) groups is 1. The van der Waals surface area contributed by atoms with Gasteiger partial charge in [0.05, 0.1) is 12.3 Å². The first-order valence-electron chi connectivity index (χ1n) is 9.02. The van der Waals surface area contributed by atoms with Crippen LogP contribution in [0.2, 0.25) is 0 Å². The molecule has 28 heavy (non-hydrogen) atoms. The minimum Gasteiger partial charge on any atom is -0.465 e. The molecule has 0 unspecified atom stereocenters. The normalized spacial score (nSPS) is 12.4. The molecule has 2 aromatic heterocycles. The van der Waals surface area contributed by atoms with Crippen LogP contribution in [-0.4, -0.2) is 32.4 Å². The number of nitrogens with one attached hydrogen (secondary N) is 1. The maximum Gasteiger partial charge on any atom is 0.319 e. The second kappa shape index (κ2) is 7.52. The van der Waals surface area contributed by atoms with Crippen molar-refractivity contribution in [3.8, 4) is 5.69 Å². The predicted octanol–water partition coefficient (Wildman–Crippen LogP) is 3.91. The van der Waals surface area contributed by atoms with Gasteiger partial charge in [0.25, 0.3) is 5.56 Å². The van der Waals surface area contributed by atoms with Gasteiger partial charge in [-0.3, -0.25) is 14.2 Å². The Hall–Kier alpha value is -3.06. The zero-order valence-corrected chi connectivity index (χ0v) is 16.3. The Morgan fingerprint density at radius 3 is 2.64 bits per heavy atom. The Morgan fingerprint density at radius 1 is 1.18 bits per heavy atom. The Balaban J connectivity index is 1.96. The fourth-order valence-corrected chi connectivity index (χ4v) is 4.01. The summed E-state index contributed by atoms with van der Waals surface area (Å²) in [5.74, 6) is -0.333. The minimum atomic E-state index is -0.496. The lowest BCUT2D eigenvalue weighted by Crippen LogP contribution is -2.24. The number of esters is 1. The Kier molecular flexibility index (Phi) is 4.92. The SMILES string of the molecule is CCOC(=O)[C@@H](C)Sc1nc2c([nH]c3ccccc32)c(=O)n1-c1ccccc1. The van der Waals surface area contributed by atoms with Gasteiger partial charge in [-0.25, -0.2) is 4.98 Å². The van der Waals surface area contributed by atoms with E-state index in [2.05, 4.69) is 4.98 Å². The Bertz CT molecular complexity index is 1210. The van der Waals surface area contributed by atoms with E-state index in [-0.39, 0.29) is 11.5 Å². The summed E-state index contributed by atoms with van der Waals surface area (Å²) in [5.41, 5.74) is 2.39. The first-order valence-corrected chi connectivity index (χ1v) is 9.90. The van der Waals surface area contributed by atoms with Crippen LogP contribution in [0, 0.1) is 0 Å². The van der Waals surface area contributed by atoms with Gasteiger partial charge in [-0.05, 0) is 32.0 Å². The Morgan fingerprint density at radius 2 is 1.89 bits per heavy atom. The predicted molar refractivity (Wildman–Crippen MR) is 111 cm³/mol. The fraction of sp³-hybridized carbons (Fsp3) is 0.190. The van der Waals surface area contributed by atoms with Crippen LogP contribution >= 0.6 is 11.8 Å². The van der Waals surface area contributed by atoms with Crippen molar-refractivity contribution in [3.63, 3.8) is 0 Å². The summed E-state index contributed by atoms with van der Waals surface area (Å²) in [7, 11) is 0. The van der Waals surface area contributed by atoms with Crippen molar-refractivity contribution >= 4 is 39.7 Å². The standard InChI is InChI=1S/C21H19N3O3S/c1-3-27-20(26)13(2)28-21-23-17-15-11-7-8-12-16(15)22-18(17)19(25)24(21)14-9-5-4-6-10-14/h4-13,22H,3H2,1-2H3/t13-/m1/s1. The minimum absolute atomic E-state index is 0.203. The fourth-order valence-electron chi connectivity index (χ4n) is 3.09. The molecule has 6 nitrogen and oxygen atoms in total. The lowest BCUT2D eigenvalue weighted by Gasteiger charge is -2.15. The molecule has 0 amide bonds. The Labute approximate surface area is 165 Å². The van der Waals surface area contributed by atoms with Crippen molar-refractivity contribution in [1.29, 1.82) is 0 Å². The van der Waals surface area contributed by atoms with Gasteiger partial charge in [0.15, 0.2) is 5.16 Å². The molecule has 142 valence electrons. The third-order valence-corrected chi connectivity index (χ3v) is 5.44. The molecule has 0 aliphatic heterocycles. The summed E-state index contributed by atoms with van der Waals surface area (Å²) >= 11 is 1.22. The van der Waals surface area contributed by atoms with Crippen LogP contribution in [0.3, 0.4) is 0 Å². The number of carbonyl (C=O) groups excluding carboxylic acids is 1. The monoisotopic (exact) mass is 393 g/mol. The third-order valence-electron chi connectivity index (χ3n) is 4.41. The molecule has 1 atom stereocenters. The quantitative estimate of drug-likeness (QED) is 0.316. The van der Waals surface area contributed by atoms with Crippen LogP contribution < -0.4 is 5.56 Å². The molecule has 0 saturated heterocycles. The van der Waals surface area contributed by atoms with Gasteiger partial charge < -0.3 is 9.72 Å². The molecule has 7 heteroatoms. The molecular weight excluding hydrogens is 374 g/mol. The van der Waals surface area contributed by atoms with E-state index >= 15 is 0 Å². The maximum absolute atomic E-state index is 13.4. The van der Waals surface area contributed by atoms with Gasteiger partial charge >= 0.3 is 5.97 Å². The molecule has 2 heterocycles. The molecule has 0 fully saturated rings. The van der Waals surface area contributed by atoms with E-state index in [1.165, 1.54) is 16.3 Å². The van der Waals surface area contributed by atoms with Crippen molar-refractivity contribution in [1.82, 2.24) is 14.5 Å². The average molecular weight is 393 g/mol. The van der Waals surface area contributed by atoms with Crippen LogP contribution in [0.25, 0.3) is 27.6 Å². The number of hydrogen-bond donors (Lipinski definition) is 1. The number of thioether (sulfide) groups is 1. The lowest BCUT2D eigenvalue weighted by molar-refractivity contribution is -0.142. The van der Waals surface area contributed by atoms with Crippen LogP contribution in [0.15, 0.2) is 64.5 Å². The van der Waals surface area contributed by atoms with Gasteiger partial charge in [-0.1, -0.05) is 48.2 Å². The number of nitrogens with zero attached hydrogens (tertiary/aromatic N) is 2. The average Bonchev–Trinajstić information content (AvgIpc) is 3.08. The summed E-state index contributed by atoms with van der Waals surface area (Å²) in [5, 5.41) is 0.832.